The maximum absolute atomic E-state index is 4.50. The molecule has 0 unspecified atom stereocenters. The summed E-state index contributed by atoms with van der Waals surface area (Å²) in [6.07, 6.45) is 4.61. The quantitative estimate of drug-likeness (QED) is 0.745. The number of rotatable bonds is 8. The van der Waals surface area contributed by atoms with Crippen molar-refractivity contribution in [1.82, 2.24) is 15.0 Å². The van der Waals surface area contributed by atoms with Gasteiger partial charge in [-0.2, -0.15) is 15.0 Å². The third-order valence-corrected chi connectivity index (χ3v) is 3.79. The van der Waals surface area contributed by atoms with Crippen molar-refractivity contribution in [3.8, 4) is 0 Å². The molecule has 0 amide bonds. The summed E-state index contributed by atoms with van der Waals surface area (Å²) >= 11 is 0. The van der Waals surface area contributed by atoms with Crippen molar-refractivity contribution in [1.29, 1.82) is 0 Å². The zero-order valence-corrected chi connectivity index (χ0v) is 14.6. The SMILES string of the molecule is CCCC[C@@H](CC)Nc1nc(C)nc(Nc2ccc(C)cc2)n1. The lowest BCUT2D eigenvalue weighted by Gasteiger charge is -2.17. The lowest BCUT2D eigenvalue weighted by atomic mass is 10.1. The third-order valence-electron chi connectivity index (χ3n) is 3.79. The van der Waals surface area contributed by atoms with Gasteiger partial charge in [0.15, 0.2) is 0 Å². The Hall–Kier alpha value is -2.17. The van der Waals surface area contributed by atoms with Gasteiger partial charge in [0, 0.05) is 11.7 Å². The number of hydrogen-bond acceptors (Lipinski definition) is 5. The van der Waals surface area contributed by atoms with Crippen molar-refractivity contribution in [3.05, 3.63) is 35.7 Å². The predicted octanol–water partition coefficient (Wildman–Crippen LogP) is 4.61. The summed E-state index contributed by atoms with van der Waals surface area (Å²) < 4.78 is 0. The minimum absolute atomic E-state index is 0.406. The molecule has 2 aromatic rings. The molecule has 0 aliphatic carbocycles. The number of aromatic nitrogens is 3. The maximum Gasteiger partial charge on any atom is 0.232 e. The topological polar surface area (TPSA) is 62.7 Å². The number of hydrogen-bond donors (Lipinski definition) is 2. The zero-order valence-electron chi connectivity index (χ0n) is 14.6. The summed E-state index contributed by atoms with van der Waals surface area (Å²) in [5.74, 6) is 1.94. The van der Waals surface area contributed by atoms with Crippen LogP contribution in [0.3, 0.4) is 0 Å². The molecular formula is C18H27N5. The second kappa shape index (κ2) is 8.46. The van der Waals surface area contributed by atoms with E-state index in [1.807, 2.05) is 19.1 Å². The largest absolute Gasteiger partial charge is 0.351 e. The first-order valence-electron chi connectivity index (χ1n) is 8.43. The van der Waals surface area contributed by atoms with Gasteiger partial charge in [-0.15, -0.1) is 0 Å². The molecule has 1 aromatic carbocycles. The van der Waals surface area contributed by atoms with Crippen molar-refractivity contribution in [2.24, 2.45) is 0 Å². The molecule has 0 fully saturated rings. The van der Waals surface area contributed by atoms with Crippen LogP contribution in [0.4, 0.5) is 17.6 Å². The molecule has 1 heterocycles. The number of aryl methyl sites for hydroxylation is 2. The fourth-order valence-corrected chi connectivity index (χ4v) is 2.38. The van der Waals surface area contributed by atoms with Crippen LogP contribution < -0.4 is 10.6 Å². The molecule has 1 atom stereocenters. The van der Waals surface area contributed by atoms with Crippen LogP contribution in [0, 0.1) is 13.8 Å². The molecule has 23 heavy (non-hydrogen) atoms. The summed E-state index contributed by atoms with van der Waals surface area (Å²) in [4.78, 5) is 13.3. The summed E-state index contributed by atoms with van der Waals surface area (Å²) in [6.45, 7) is 8.36. The highest BCUT2D eigenvalue weighted by molar-refractivity contribution is 5.54. The molecule has 5 nitrogen and oxygen atoms in total. The van der Waals surface area contributed by atoms with Crippen LogP contribution in [-0.4, -0.2) is 21.0 Å². The Morgan fingerprint density at radius 2 is 1.65 bits per heavy atom. The molecule has 0 saturated carbocycles. The van der Waals surface area contributed by atoms with E-state index >= 15 is 0 Å². The van der Waals surface area contributed by atoms with Crippen LogP contribution in [0.15, 0.2) is 24.3 Å². The normalized spacial score (nSPS) is 12.0. The first-order valence-corrected chi connectivity index (χ1v) is 8.43. The predicted molar refractivity (Wildman–Crippen MR) is 96.3 cm³/mol. The highest BCUT2D eigenvalue weighted by Gasteiger charge is 2.10. The van der Waals surface area contributed by atoms with E-state index in [0.29, 0.717) is 23.8 Å². The van der Waals surface area contributed by atoms with Crippen LogP contribution in [0.5, 0.6) is 0 Å². The first kappa shape index (κ1) is 17.2. The van der Waals surface area contributed by atoms with Gasteiger partial charge in [-0.3, -0.25) is 0 Å². The second-order valence-electron chi connectivity index (χ2n) is 5.91. The first-order chi connectivity index (χ1) is 11.1. The lowest BCUT2D eigenvalue weighted by molar-refractivity contribution is 0.589. The molecule has 124 valence electrons. The van der Waals surface area contributed by atoms with Gasteiger partial charge in [-0.1, -0.05) is 44.4 Å². The van der Waals surface area contributed by atoms with Crippen LogP contribution in [0.1, 0.15) is 50.9 Å². The van der Waals surface area contributed by atoms with Crippen molar-refractivity contribution in [3.63, 3.8) is 0 Å². The van der Waals surface area contributed by atoms with Crippen LogP contribution in [0.25, 0.3) is 0 Å². The molecular weight excluding hydrogens is 286 g/mol. The molecule has 0 saturated heterocycles. The molecule has 0 aliphatic heterocycles. The Balaban J connectivity index is 2.09. The van der Waals surface area contributed by atoms with Gasteiger partial charge < -0.3 is 10.6 Å². The Morgan fingerprint density at radius 1 is 0.957 bits per heavy atom. The van der Waals surface area contributed by atoms with Gasteiger partial charge >= 0.3 is 0 Å². The highest BCUT2D eigenvalue weighted by atomic mass is 15.2. The molecule has 2 N–H and O–H groups in total. The Bertz CT molecular complexity index is 609. The zero-order chi connectivity index (χ0) is 16.7. The van der Waals surface area contributed by atoms with Crippen molar-refractivity contribution < 1.29 is 0 Å². The standard InChI is InChI=1S/C18H27N5/c1-5-7-8-15(6-2)21-17-19-14(4)20-18(23-17)22-16-11-9-13(3)10-12-16/h9-12,15H,5-8H2,1-4H3,(H2,19,20,21,22,23)/t15-/m1/s1. The van der Waals surface area contributed by atoms with Gasteiger partial charge in [-0.25, -0.2) is 0 Å². The van der Waals surface area contributed by atoms with Crippen LogP contribution in [0.2, 0.25) is 0 Å². The van der Waals surface area contributed by atoms with Crippen molar-refractivity contribution in [2.45, 2.75) is 59.4 Å². The molecule has 0 bridgehead atoms. The summed E-state index contributed by atoms with van der Waals surface area (Å²) in [5.41, 5.74) is 2.21. The number of benzene rings is 1. The molecule has 0 radical (unpaired) electrons. The van der Waals surface area contributed by atoms with E-state index in [-0.39, 0.29) is 0 Å². The van der Waals surface area contributed by atoms with E-state index in [2.05, 4.69) is 58.5 Å². The van der Waals surface area contributed by atoms with E-state index in [9.17, 15) is 0 Å². The summed E-state index contributed by atoms with van der Waals surface area (Å²) in [7, 11) is 0. The van der Waals surface area contributed by atoms with Gasteiger partial charge in [0.05, 0.1) is 0 Å². The minimum Gasteiger partial charge on any atom is -0.351 e. The monoisotopic (exact) mass is 313 g/mol. The average molecular weight is 313 g/mol. The Morgan fingerprint density at radius 3 is 2.30 bits per heavy atom. The number of unbranched alkanes of at least 4 members (excludes halogenated alkanes) is 1. The fourth-order valence-electron chi connectivity index (χ4n) is 2.38. The summed E-state index contributed by atoms with van der Waals surface area (Å²) in [6, 6.07) is 8.58. The van der Waals surface area contributed by atoms with E-state index in [1.165, 1.54) is 18.4 Å². The lowest BCUT2D eigenvalue weighted by Crippen LogP contribution is -2.20. The van der Waals surface area contributed by atoms with Gasteiger partial charge in [0.25, 0.3) is 0 Å². The minimum atomic E-state index is 0.406. The van der Waals surface area contributed by atoms with Crippen LogP contribution in [-0.2, 0) is 0 Å². The summed E-state index contributed by atoms with van der Waals surface area (Å²) in [5, 5.41) is 6.68. The molecule has 0 spiro atoms. The highest BCUT2D eigenvalue weighted by Crippen LogP contribution is 2.16. The number of nitrogens with one attached hydrogen (secondary N) is 2. The van der Waals surface area contributed by atoms with E-state index in [1.54, 1.807) is 0 Å². The third kappa shape index (κ3) is 5.51. The Labute approximate surface area is 139 Å². The van der Waals surface area contributed by atoms with Crippen molar-refractivity contribution >= 4 is 17.6 Å². The van der Waals surface area contributed by atoms with Gasteiger partial charge in [0.2, 0.25) is 11.9 Å². The molecule has 0 aliphatic rings. The molecule has 1 aromatic heterocycles. The number of anilines is 3. The molecule has 2 rings (SSSR count). The molecule has 5 heteroatoms. The Kier molecular flexibility index (Phi) is 6.32. The second-order valence-corrected chi connectivity index (χ2v) is 5.91. The maximum atomic E-state index is 4.50. The van der Waals surface area contributed by atoms with Gasteiger partial charge in [-0.05, 0) is 38.8 Å². The van der Waals surface area contributed by atoms with Crippen molar-refractivity contribution in [2.75, 3.05) is 10.6 Å². The van der Waals surface area contributed by atoms with Gasteiger partial charge in [0.1, 0.15) is 5.82 Å². The van der Waals surface area contributed by atoms with E-state index in [4.69, 9.17) is 0 Å². The van der Waals surface area contributed by atoms with E-state index < -0.39 is 0 Å². The smallest absolute Gasteiger partial charge is 0.232 e. The number of nitrogens with zero attached hydrogens (tertiary/aromatic N) is 3. The van der Waals surface area contributed by atoms with E-state index in [0.717, 1.165) is 18.5 Å². The fraction of sp³-hybridized carbons (Fsp3) is 0.500. The van der Waals surface area contributed by atoms with Crippen LogP contribution >= 0.6 is 0 Å². The average Bonchev–Trinajstić information content (AvgIpc) is 2.53.